The van der Waals surface area contributed by atoms with E-state index in [0.717, 1.165) is 30.8 Å². The molecule has 0 aliphatic carbocycles. The standard InChI is InChI=1S/C15H20Cl2N2OS/c1-15(3-5-18-6-4-15)9-19-14(20)10-7-13(21-2)12(17)8-11(10)16/h7-8,18H,3-6,9H2,1-2H3,(H,19,20). The lowest BCUT2D eigenvalue weighted by atomic mass is 9.81. The summed E-state index contributed by atoms with van der Waals surface area (Å²) in [6, 6.07) is 3.39. The highest BCUT2D eigenvalue weighted by Crippen LogP contribution is 2.31. The average molecular weight is 347 g/mol. The zero-order valence-electron chi connectivity index (χ0n) is 12.3. The highest BCUT2D eigenvalue weighted by Gasteiger charge is 2.27. The van der Waals surface area contributed by atoms with Crippen LogP contribution in [0.5, 0.6) is 0 Å². The van der Waals surface area contributed by atoms with Crippen molar-refractivity contribution in [3.63, 3.8) is 0 Å². The molecule has 3 nitrogen and oxygen atoms in total. The summed E-state index contributed by atoms with van der Waals surface area (Å²) in [5, 5.41) is 7.33. The molecule has 0 atom stereocenters. The van der Waals surface area contributed by atoms with Gasteiger partial charge in [0.25, 0.3) is 5.91 Å². The van der Waals surface area contributed by atoms with Gasteiger partial charge < -0.3 is 10.6 Å². The van der Waals surface area contributed by atoms with Gasteiger partial charge in [0.15, 0.2) is 0 Å². The quantitative estimate of drug-likeness (QED) is 0.814. The minimum Gasteiger partial charge on any atom is -0.351 e. The lowest BCUT2D eigenvalue weighted by Crippen LogP contribution is -2.42. The molecule has 1 amide bonds. The SMILES string of the molecule is CSc1cc(C(=O)NCC2(C)CCNCC2)c(Cl)cc1Cl. The van der Waals surface area contributed by atoms with Crippen molar-refractivity contribution < 1.29 is 4.79 Å². The van der Waals surface area contributed by atoms with Gasteiger partial charge in [-0.05, 0) is 49.7 Å². The van der Waals surface area contributed by atoms with Crippen molar-refractivity contribution in [2.45, 2.75) is 24.7 Å². The molecule has 2 N–H and O–H groups in total. The third kappa shape index (κ3) is 4.28. The third-order valence-electron chi connectivity index (χ3n) is 3.97. The second kappa shape index (κ2) is 7.23. The highest BCUT2D eigenvalue weighted by molar-refractivity contribution is 7.98. The second-order valence-electron chi connectivity index (χ2n) is 5.71. The summed E-state index contributed by atoms with van der Waals surface area (Å²) in [6.45, 7) is 4.89. The highest BCUT2D eigenvalue weighted by atomic mass is 35.5. The fourth-order valence-electron chi connectivity index (χ4n) is 2.46. The van der Waals surface area contributed by atoms with E-state index in [1.165, 1.54) is 11.8 Å². The molecular weight excluding hydrogens is 327 g/mol. The molecule has 0 saturated carbocycles. The molecule has 0 radical (unpaired) electrons. The molecule has 1 heterocycles. The molecule has 0 unspecified atom stereocenters. The van der Waals surface area contributed by atoms with Crippen molar-refractivity contribution in [1.29, 1.82) is 0 Å². The number of halogens is 2. The molecule has 0 spiro atoms. The Kier molecular flexibility index (Phi) is 5.83. The fourth-order valence-corrected chi connectivity index (χ4v) is 3.65. The van der Waals surface area contributed by atoms with Crippen LogP contribution in [0.3, 0.4) is 0 Å². The first-order chi connectivity index (χ1) is 9.95. The number of thioether (sulfide) groups is 1. The van der Waals surface area contributed by atoms with E-state index in [0.29, 0.717) is 22.2 Å². The third-order valence-corrected chi connectivity index (χ3v) is 5.49. The van der Waals surface area contributed by atoms with Crippen molar-refractivity contribution in [1.82, 2.24) is 10.6 Å². The number of hydrogen-bond acceptors (Lipinski definition) is 3. The van der Waals surface area contributed by atoms with Gasteiger partial charge in [-0.1, -0.05) is 30.1 Å². The second-order valence-corrected chi connectivity index (χ2v) is 7.37. The Bertz CT molecular complexity index is 531. The van der Waals surface area contributed by atoms with Crippen LogP contribution in [-0.2, 0) is 0 Å². The van der Waals surface area contributed by atoms with Crippen molar-refractivity contribution in [3.8, 4) is 0 Å². The molecule has 0 bridgehead atoms. The fraction of sp³-hybridized carbons (Fsp3) is 0.533. The molecule has 1 saturated heterocycles. The van der Waals surface area contributed by atoms with Crippen LogP contribution in [0.15, 0.2) is 17.0 Å². The zero-order chi connectivity index (χ0) is 15.5. The maximum atomic E-state index is 12.4. The lowest BCUT2D eigenvalue weighted by Gasteiger charge is -2.34. The molecule has 1 aliphatic rings. The van der Waals surface area contributed by atoms with Gasteiger partial charge >= 0.3 is 0 Å². The van der Waals surface area contributed by atoms with Crippen LogP contribution in [0.2, 0.25) is 10.0 Å². The maximum absolute atomic E-state index is 12.4. The molecule has 2 rings (SSSR count). The topological polar surface area (TPSA) is 41.1 Å². The normalized spacial score (nSPS) is 17.5. The summed E-state index contributed by atoms with van der Waals surface area (Å²) >= 11 is 13.7. The first-order valence-corrected chi connectivity index (χ1v) is 8.95. The van der Waals surface area contributed by atoms with E-state index >= 15 is 0 Å². The number of carbonyl (C=O) groups is 1. The molecular formula is C15H20Cl2N2OS. The van der Waals surface area contributed by atoms with E-state index in [2.05, 4.69) is 17.6 Å². The number of rotatable bonds is 4. The van der Waals surface area contributed by atoms with Gasteiger partial charge in [0.2, 0.25) is 0 Å². The molecule has 1 aromatic rings. The van der Waals surface area contributed by atoms with E-state index < -0.39 is 0 Å². The molecule has 116 valence electrons. The van der Waals surface area contributed by atoms with Gasteiger partial charge in [0.1, 0.15) is 0 Å². The predicted octanol–water partition coefficient (Wildman–Crippen LogP) is 3.83. The average Bonchev–Trinajstić information content (AvgIpc) is 2.46. The van der Waals surface area contributed by atoms with Gasteiger partial charge in [-0.2, -0.15) is 0 Å². The smallest absolute Gasteiger partial charge is 0.252 e. The predicted molar refractivity (Wildman–Crippen MR) is 90.8 cm³/mol. The maximum Gasteiger partial charge on any atom is 0.252 e. The summed E-state index contributed by atoms with van der Waals surface area (Å²) in [6.07, 6.45) is 4.06. The number of piperidine rings is 1. The Morgan fingerprint density at radius 1 is 1.33 bits per heavy atom. The number of nitrogens with one attached hydrogen (secondary N) is 2. The van der Waals surface area contributed by atoms with E-state index in [9.17, 15) is 4.79 Å². The monoisotopic (exact) mass is 346 g/mol. The molecule has 21 heavy (non-hydrogen) atoms. The number of hydrogen-bond donors (Lipinski definition) is 2. The minimum absolute atomic E-state index is 0.133. The van der Waals surface area contributed by atoms with Gasteiger partial charge in [-0.15, -0.1) is 11.8 Å². The van der Waals surface area contributed by atoms with Crippen molar-refractivity contribution in [2.75, 3.05) is 25.9 Å². The van der Waals surface area contributed by atoms with Gasteiger partial charge in [0.05, 0.1) is 15.6 Å². The lowest BCUT2D eigenvalue weighted by molar-refractivity contribution is 0.0922. The first kappa shape index (κ1) is 16.9. The van der Waals surface area contributed by atoms with Crippen LogP contribution in [0.1, 0.15) is 30.1 Å². The van der Waals surface area contributed by atoms with Crippen molar-refractivity contribution in [3.05, 3.63) is 27.7 Å². The first-order valence-electron chi connectivity index (χ1n) is 6.97. The van der Waals surface area contributed by atoms with Gasteiger partial charge in [0, 0.05) is 11.4 Å². The van der Waals surface area contributed by atoms with E-state index in [1.54, 1.807) is 12.1 Å². The van der Waals surface area contributed by atoms with Crippen LogP contribution in [-0.4, -0.2) is 31.8 Å². The summed E-state index contributed by atoms with van der Waals surface area (Å²) in [4.78, 5) is 13.2. The Labute approximate surface area is 140 Å². The molecule has 0 aromatic heterocycles. The number of carbonyl (C=O) groups excluding carboxylic acids is 1. The Morgan fingerprint density at radius 2 is 2.00 bits per heavy atom. The Hall–Kier alpha value is -0.420. The Morgan fingerprint density at radius 3 is 2.62 bits per heavy atom. The summed E-state index contributed by atoms with van der Waals surface area (Å²) in [7, 11) is 0. The Balaban J connectivity index is 2.06. The van der Waals surface area contributed by atoms with E-state index in [4.69, 9.17) is 23.2 Å². The van der Waals surface area contributed by atoms with Crippen molar-refractivity contribution >= 4 is 40.9 Å². The zero-order valence-corrected chi connectivity index (χ0v) is 14.6. The van der Waals surface area contributed by atoms with Crippen LogP contribution < -0.4 is 10.6 Å². The summed E-state index contributed by atoms with van der Waals surface area (Å²) in [5.74, 6) is -0.133. The van der Waals surface area contributed by atoms with E-state index in [1.807, 2.05) is 6.26 Å². The number of amides is 1. The van der Waals surface area contributed by atoms with Gasteiger partial charge in [-0.25, -0.2) is 0 Å². The van der Waals surface area contributed by atoms with Crippen LogP contribution >= 0.6 is 35.0 Å². The summed E-state index contributed by atoms with van der Waals surface area (Å²) < 4.78 is 0. The number of benzene rings is 1. The van der Waals surface area contributed by atoms with Gasteiger partial charge in [-0.3, -0.25) is 4.79 Å². The minimum atomic E-state index is -0.133. The largest absolute Gasteiger partial charge is 0.351 e. The van der Waals surface area contributed by atoms with Crippen molar-refractivity contribution in [2.24, 2.45) is 5.41 Å². The van der Waals surface area contributed by atoms with Crippen LogP contribution in [0.25, 0.3) is 0 Å². The molecule has 1 aliphatic heterocycles. The molecule has 1 fully saturated rings. The summed E-state index contributed by atoms with van der Waals surface area (Å²) in [5.41, 5.74) is 0.644. The van der Waals surface area contributed by atoms with E-state index in [-0.39, 0.29) is 11.3 Å². The van der Waals surface area contributed by atoms with Crippen LogP contribution in [0, 0.1) is 5.41 Å². The molecule has 6 heteroatoms. The van der Waals surface area contributed by atoms with Crippen LogP contribution in [0.4, 0.5) is 0 Å². The molecule has 1 aromatic carbocycles.